The van der Waals surface area contributed by atoms with Gasteiger partial charge in [0.25, 0.3) is 0 Å². The summed E-state index contributed by atoms with van der Waals surface area (Å²) in [4.78, 5) is 16.3. The summed E-state index contributed by atoms with van der Waals surface area (Å²) in [6, 6.07) is 6.35. The molecule has 1 saturated heterocycles. The molecule has 3 aromatic rings. The molecule has 0 spiro atoms. The van der Waals surface area contributed by atoms with Crippen LogP contribution in [0.2, 0.25) is 0 Å². The first-order valence-electron chi connectivity index (χ1n) is 10.2. The Morgan fingerprint density at radius 3 is 2.75 bits per heavy atom. The lowest BCUT2D eigenvalue weighted by molar-refractivity contribution is 0.290. The van der Waals surface area contributed by atoms with Crippen LogP contribution in [0.25, 0.3) is 11.0 Å². The molecule has 2 N–H and O–H groups in total. The SMILES string of the molecule is CC1(C)CCCc2cc3cnc(Nc4ccc(N5CCNCC5)cn4)nc3n21. The molecule has 28 heavy (non-hydrogen) atoms. The minimum Gasteiger partial charge on any atom is -0.368 e. The largest absolute Gasteiger partial charge is 0.368 e. The molecule has 2 aliphatic rings. The van der Waals surface area contributed by atoms with Crippen molar-refractivity contribution in [2.24, 2.45) is 0 Å². The summed E-state index contributed by atoms with van der Waals surface area (Å²) in [6.45, 7) is 8.66. The van der Waals surface area contributed by atoms with E-state index in [9.17, 15) is 0 Å². The number of aromatic nitrogens is 4. The Bertz CT molecular complexity index is 984. The van der Waals surface area contributed by atoms with Crippen LogP contribution >= 0.6 is 0 Å². The fourth-order valence-electron chi connectivity index (χ4n) is 4.46. The van der Waals surface area contributed by atoms with E-state index in [1.165, 1.54) is 18.5 Å². The van der Waals surface area contributed by atoms with E-state index in [-0.39, 0.29) is 5.54 Å². The van der Waals surface area contributed by atoms with E-state index in [0.29, 0.717) is 5.95 Å². The van der Waals surface area contributed by atoms with Gasteiger partial charge in [0, 0.05) is 49.0 Å². The zero-order valence-corrected chi connectivity index (χ0v) is 16.6. The zero-order valence-electron chi connectivity index (χ0n) is 16.6. The summed E-state index contributed by atoms with van der Waals surface area (Å²) in [5.74, 6) is 1.36. The molecule has 0 saturated carbocycles. The summed E-state index contributed by atoms with van der Waals surface area (Å²) < 4.78 is 2.39. The lowest BCUT2D eigenvalue weighted by Gasteiger charge is -2.33. The monoisotopic (exact) mass is 377 g/mol. The average molecular weight is 377 g/mol. The van der Waals surface area contributed by atoms with Crippen LogP contribution in [0, 0.1) is 0 Å². The third-order valence-electron chi connectivity index (χ3n) is 5.91. The van der Waals surface area contributed by atoms with Crippen LogP contribution in [0.1, 0.15) is 32.4 Å². The van der Waals surface area contributed by atoms with E-state index in [0.717, 1.165) is 55.1 Å². The third kappa shape index (κ3) is 3.09. The Morgan fingerprint density at radius 1 is 1.11 bits per heavy atom. The second-order valence-corrected chi connectivity index (χ2v) is 8.37. The average Bonchev–Trinajstić information content (AvgIpc) is 3.08. The van der Waals surface area contributed by atoms with Crippen LogP contribution in [0.3, 0.4) is 0 Å². The molecule has 0 aromatic carbocycles. The van der Waals surface area contributed by atoms with Gasteiger partial charge in [-0.25, -0.2) is 9.97 Å². The number of fused-ring (bicyclic) bond motifs is 3. The van der Waals surface area contributed by atoms with E-state index in [4.69, 9.17) is 4.98 Å². The molecule has 3 aromatic heterocycles. The highest BCUT2D eigenvalue weighted by atomic mass is 15.2. The lowest BCUT2D eigenvalue weighted by atomic mass is 9.92. The van der Waals surface area contributed by atoms with Crippen LogP contribution < -0.4 is 15.5 Å². The van der Waals surface area contributed by atoms with Crippen LogP contribution in [0.15, 0.2) is 30.6 Å². The number of anilines is 3. The van der Waals surface area contributed by atoms with Gasteiger partial charge in [-0.3, -0.25) is 0 Å². The molecule has 0 aliphatic carbocycles. The molecule has 0 bridgehead atoms. The van der Waals surface area contributed by atoms with Gasteiger partial charge in [-0.05, 0) is 51.3 Å². The normalized spacial score (nSPS) is 18.9. The van der Waals surface area contributed by atoms with Gasteiger partial charge in [0.15, 0.2) is 0 Å². The topological polar surface area (TPSA) is 70.9 Å². The van der Waals surface area contributed by atoms with Crippen molar-refractivity contribution in [2.75, 3.05) is 36.4 Å². The molecule has 0 unspecified atom stereocenters. The quantitative estimate of drug-likeness (QED) is 0.731. The number of pyridine rings is 1. The van der Waals surface area contributed by atoms with Crippen LogP contribution in [-0.2, 0) is 12.0 Å². The minimum atomic E-state index is 0.0875. The number of hydrogen-bond acceptors (Lipinski definition) is 6. The molecule has 0 atom stereocenters. The van der Waals surface area contributed by atoms with Gasteiger partial charge in [0.2, 0.25) is 5.95 Å². The number of aryl methyl sites for hydroxylation is 1. The second kappa shape index (κ2) is 6.74. The predicted octanol–water partition coefficient (Wildman–Crippen LogP) is 3.05. The maximum Gasteiger partial charge on any atom is 0.230 e. The third-order valence-corrected chi connectivity index (χ3v) is 5.91. The van der Waals surface area contributed by atoms with Crippen molar-refractivity contribution in [2.45, 2.75) is 38.6 Å². The zero-order chi connectivity index (χ0) is 19.1. The molecule has 0 amide bonds. The molecular formula is C21H27N7. The summed E-state index contributed by atoms with van der Waals surface area (Å²) in [7, 11) is 0. The van der Waals surface area contributed by atoms with Crippen molar-refractivity contribution in [3.63, 3.8) is 0 Å². The molecule has 5 heterocycles. The molecule has 7 heteroatoms. The molecule has 1 fully saturated rings. The first-order valence-corrected chi connectivity index (χ1v) is 10.2. The number of piperazine rings is 1. The van der Waals surface area contributed by atoms with Crippen molar-refractivity contribution in [3.8, 4) is 0 Å². The molecule has 7 nitrogen and oxygen atoms in total. The molecule has 2 aliphatic heterocycles. The number of hydrogen-bond donors (Lipinski definition) is 2. The molecule has 5 rings (SSSR count). The van der Waals surface area contributed by atoms with Gasteiger partial charge in [0.1, 0.15) is 11.5 Å². The van der Waals surface area contributed by atoms with Crippen molar-refractivity contribution in [3.05, 3.63) is 36.3 Å². The van der Waals surface area contributed by atoms with Gasteiger partial charge in [-0.2, -0.15) is 4.98 Å². The highest BCUT2D eigenvalue weighted by molar-refractivity contribution is 5.78. The van der Waals surface area contributed by atoms with Crippen molar-refractivity contribution in [1.82, 2.24) is 24.8 Å². The standard InChI is InChI=1S/C21H27N7/c1-21(2)7-3-4-16-12-15-13-24-20(26-19(15)28(16)21)25-18-6-5-17(14-23-18)27-10-8-22-9-11-27/h5-6,12-14,22H,3-4,7-11H2,1-2H3,(H,23,24,25,26). The highest BCUT2D eigenvalue weighted by Gasteiger charge is 2.29. The molecule has 0 radical (unpaired) electrons. The van der Waals surface area contributed by atoms with E-state index in [1.54, 1.807) is 0 Å². The van der Waals surface area contributed by atoms with Crippen LogP contribution in [0.4, 0.5) is 17.5 Å². The summed E-state index contributed by atoms with van der Waals surface area (Å²) in [5, 5.41) is 7.76. The Morgan fingerprint density at radius 2 is 1.96 bits per heavy atom. The fourth-order valence-corrected chi connectivity index (χ4v) is 4.46. The molecular weight excluding hydrogens is 350 g/mol. The van der Waals surface area contributed by atoms with E-state index in [1.807, 2.05) is 18.5 Å². The van der Waals surface area contributed by atoms with Gasteiger partial charge >= 0.3 is 0 Å². The van der Waals surface area contributed by atoms with Crippen molar-refractivity contribution in [1.29, 1.82) is 0 Å². The fraction of sp³-hybridized carbons (Fsp3) is 0.476. The summed E-state index contributed by atoms with van der Waals surface area (Å²) in [6.07, 6.45) is 7.35. The highest BCUT2D eigenvalue weighted by Crippen LogP contribution is 2.35. The lowest BCUT2D eigenvalue weighted by Crippen LogP contribution is -2.43. The predicted molar refractivity (Wildman–Crippen MR) is 112 cm³/mol. The van der Waals surface area contributed by atoms with Gasteiger partial charge in [-0.15, -0.1) is 0 Å². The Hall–Kier alpha value is -2.67. The van der Waals surface area contributed by atoms with Crippen molar-refractivity contribution >= 4 is 28.5 Å². The Labute approximate surface area is 165 Å². The Kier molecular flexibility index (Phi) is 4.19. The maximum atomic E-state index is 4.83. The van der Waals surface area contributed by atoms with E-state index < -0.39 is 0 Å². The van der Waals surface area contributed by atoms with Gasteiger partial charge in [-0.1, -0.05) is 0 Å². The Balaban J connectivity index is 1.41. The van der Waals surface area contributed by atoms with E-state index in [2.05, 4.69) is 56.0 Å². The number of nitrogens with zero attached hydrogens (tertiary/aromatic N) is 5. The summed E-state index contributed by atoms with van der Waals surface area (Å²) in [5.41, 5.74) is 3.61. The number of rotatable bonds is 3. The van der Waals surface area contributed by atoms with Gasteiger partial charge in [0.05, 0.1) is 11.9 Å². The smallest absolute Gasteiger partial charge is 0.230 e. The van der Waals surface area contributed by atoms with Crippen LogP contribution in [0.5, 0.6) is 0 Å². The maximum absolute atomic E-state index is 4.83. The number of nitrogens with one attached hydrogen (secondary N) is 2. The summed E-state index contributed by atoms with van der Waals surface area (Å²) >= 11 is 0. The minimum absolute atomic E-state index is 0.0875. The van der Waals surface area contributed by atoms with Crippen LogP contribution in [-0.4, -0.2) is 45.7 Å². The first-order chi connectivity index (χ1) is 13.6. The molecule has 146 valence electrons. The second-order valence-electron chi connectivity index (χ2n) is 8.37. The first kappa shape index (κ1) is 17.4. The van der Waals surface area contributed by atoms with E-state index >= 15 is 0 Å². The van der Waals surface area contributed by atoms with Gasteiger partial charge < -0.3 is 20.1 Å². The van der Waals surface area contributed by atoms with Crippen molar-refractivity contribution < 1.29 is 0 Å².